The van der Waals surface area contributed by atoms with E-state index in [2.05, 4.69) is 0 Å². The smallest absolute Gasteiger partial charge is 0.387 e. The van der Waals surface area contributed by atoms with Gasteiger partial charge in [-0.2, -0.15) is 0 Å². The Labute approximate surface area is 68.7 Å². The van der Waals surface area contributed by atoms with Crippen LogP contribution in [0.1, 0.15) is 0 Å². The number of carbonyl (C=O) groups excluding carboxylic acids is 1. The zero-order valence-corrected chi connectivity index (χ0v) is 6.51. The summed E-state index contributed by atoms with van der Waals surface area (Å²) in [6, 6.07) is 8.78. The molecule has 0 aliphatic carbocycles. The molecule has 0 aliphatic rings. The fourth-order valence-corrected chi connectivity index (χ4v) is 0.753. The van der Waals surface area contributed by atoms with Gasteiger partial charge in [-0.05, 0) is 12.1 Å². The van der Waals surface area contributed by atoms with E-state index < -0.39 is 5.30 Å². The number of rotatable bonds is 1. The van der Waals surface area contributed by atoms with Gasteiger partial charge in [-0.3, -0.25) is 5.14 Å². The van der Waals surface area contributed by atoms with Crippen LogP contribution >= 0.6 is 11.9 Å². The molecule has 3 nitrogen and oxygen atoms in total. The van der Waals surface area contributed by atoms with Crippen LogP contribution in [0.5, 0.6) is 5.75 Å². The molecule has 0 aromatic heterocycles. The molecule has 0 radical (unpaired) electrons. The highest BCUT2D eigenvalue weighted by Crippen LogP contribution is 2.10. The predicted octanol–water partition coefficient (Wildman–Crippen LogP) is 1.79. The Morgan fingerprint density at radius 2 is 2.00 bits per heavy atom. The molecule has 0 fully saturated rings. The summed E-state index contributed by atoms with van der Waals surface area (Å²) in [5.74, 6) is 0.510. The fraction of sp³-hybridized carbons (Fsp3) is 0. The number of carbonyl (C=O) groups is 1. The van der Waals surface area contributed by atoms with Gasteiger partial charge in [0.2, 0.25) is 0 Å². The molecule has 4 heteroatoms. The molecule has 1 aromatic carbocycles. The third kappa shape index (κ3) is 2.61. The minimum Gasteiger partial charge on any atom is -0.418 e. The number of hydrogen-bond donors (Lipinski definition) is 1. The molecule has 11 heavy (non-hydrogen) atoms. The summed E-state index contributed by atoms with van der Waals surface area (Å²) in [6.07, 6.45) is 0. The highest BCUT2D eigenvalue weighted by atomic mass is 32.2. The maximum absolute atomic E-state index is 10.6. The summed E-state index contributed by atoms with van der Waals surface area (Å²) in [5.41, 5.74) is 0. The van der Waals surface area contributed by atoms with Crippen molar-refractivity contribution < 1.29 is 9.53 Å². The molecule has 2 N–H and O–H groups in total. The van der Waals surface area contributed by atoms with Crippen LogP contribution in [-0.2, 0) is 0 Å². The molecular formula is C7H7NO2S. The van der Waals surface area contributed by atoms with Crippen LogP contribution in [-0.4, -0.2) is 5.30 Å². The molecule has 0 bridgehead atoms. The molecule has 0 saturated carbocycles. The van der Waals surface area contributed by atoms with E-state index in [1.54, 1.807) is 24.3 Å². The number of nitrogens with two attached hydrogens (primary N) is 1. The Kier molecular flexibility index (Phi) is 2.95. The maximum atomic E-state index is 10.6. The van der Waals surface area contributed by atoms with Gasteiger partial charge in [0, 0.05) is 11.9 Å². The second-order valence-electron chi connectivity index (χ2n) is 1.78. The van der Waals surface area contributed by atoms with E-state index in [4.69, 9.17) is 9.88 Å². The third-order valence-electron chi connectivity index (χ3n) is 1.04. The zero-order chi connectivity index (χ0) is 8.10. The van der Waals surface area contributed by atoms with E-state index in [1.807, 2.05) is 6.07 Å². The van der Waals surface area contributed by atoms with Crippen molar-refractivity contribution in [2.75, 3.05) is 0 Å². The lowest BCUT2D eigenvalue weighted by atomic mass is 10.3. The van der Waals surface area contributed by atoms with Crippen molar-refractivity contribution in [3.05, 3.63) is 30.3 Å². The van der Waals surface area contributed by atoms with Gasteiger partial charge in [0.25, 0.3) is 0 Å². The summed E-state index contributed by atoms with van der Waals surface area (Å²) in [5, 5.41) is 4.46. The summed E-state index contributed by atoms with van der Waals surface area (Å²) >= 11 is 0.558. The van der Waals surface area contributed by atoms with Crippen molar-refractivity contribution in [2.24, 2.45) is 5.14 Å². The second-order valence-corrected chi connectivity index (χ2v) is 2.35. The molecule has 0 unspecified atom stereocenters. The van der Waals surface area contributed by atoms with Crippen molar-refractivity contribution in [3.63, 3.8) is 0 Å². The number of para-hydroxylation sites is 1. The first-order valence-corrected chi connectivity index (χ1v) is 3.84. The average molecular weight is 169 g/mol. The van der Waals surface area contributed by atoms with Crippen LogP contribution < -0.4 is 9.88 Å². The molecular weight excluding hydrogens is 162 g/mol. The Morgan fingerprint density at radius 1 is 1.36 bits per heavy atom. The minimum absolute atomic E-state index is 0.504. The van der Waals surface area contributed by atoms with E-state index in [9.17, 15) is 4.79 Å². The summed E-state index contributed by atoms with van der Waals surface area (Å²) in [7, 11) is 0. The normalized spacial score (nSPS) is 9.18. The van der Waals surface area contributed by atoms with Crippen molar-refractivity contribution >= 4 is 17.2 Å². The van der Waals surface area contributed by atoms with E-state index in [1.165, 1.54) is 0 Å². The minimum atomic E-state index is -0.504. The van der Waals surface area contributed by atoms with Gasteiger partial charge >= 0.3 is 5.30 Å². The quantitative estimate of drug-likeness (QED) is 0.514. The van der Waals surface area contributed by atoms with Crippen LogP contribution in [0.15, 0.2) is 30.3 Å². The fourth-order valence-electron chi connectivity index (χ4n) is 0.609. The topological polar surface area (TPSA) is 52.3 Å². The van der Waals surface area contributed by atoms with E-state index in [0.29, 0.717) is 17.7 Å². The third-order valence-corrected chi connectivity index (χ3v) is 1.32. The van der Waals surface area contributed by atoms with Crippen LogP contribution in [0.3, 0.4) is 0 Å². The van der Waals surface area contributed by atoms with E-state index >= 15 is 0 Å². The van der Waals surface area contributed by atoms with Crippen molar-refractivity contribution in [2.45, 2.75) is 0 Å². The zero-order valence-electron chi connectivity index (χ0n) is 5.69. The number of benzene rings is 1. The lowest BCUT2D eigenvalue weighted by molar-refractivity contribution is 0.227. The molecule has 0 amide bonds. The SMILES string of the molecule is NSC(=O)Oc1ccccc1. The highest BCUT2D eigenvalue weighted by molar-refractivity contribution is 8.11. The Hall–Kier alpha value is -1.00. The maximum Gasteiger partial charge on any atom is 0.387 e. The lowest BCUT2D eigenvalue weighted by Gasteiger charge is -1.98. The van der Waals surface area contributed by atoms with Gasteiger partial charge in [0.1, 0.15) is 5.75 Å². The summed E-state index contributed by atoms with van der Waals surface area (Å²) < 4.78 is 4.76. The van der Waals surface area contributed by atoms with Crippen molar-refractivity contribution in [1.29, 1.82) is 0 Å². The first-order chi connectivity index (χ1) is 5.33. The number of ether oxygens (including phenoxy) is 1. The van der Waals surface area contributed by atoms with Crippen molar-refractivity contribution in [3.8, 4) is 5.75 Å². The van der Waals surface area contributed by atoms with Gasteiger partial charge in [-0.15, -0.1) is 0 Å². The largest absolute Gasteiger partial charge is 0.418 e. The standard InChI is InChI=1S/C7H7NO2S/c8-11-7(9)10-6-4-2-1-3-5-6/h1-5H,8H2. The first kappa shape index (κ1) is 8.10. The predicted molar refractivity (Wildman–Crippen MR) is 44.2 cm³/mol. The molecule has 1 aromatic rings. The highest BCUT2D eigenvalue weighted by Gasteiger charge is 2.00. The molecule has 0 heterocycles. The first-order valence-electron chi connectivity index (χ1n) is 2.96. The van der Waals surface area contributed by atoms with Gasteiger partial charge in [-0.1, -0.05) is 18.2 Å². The number of hydrogen-bond acceptors (Lipinski definition) is 4. The lowest BCUT2D eigenvalue weighted by Crippen LogP contribution is -2.02. The van der Waals surface area contributed by atoms with Crippen LogP contribution in [0.2, 0.25) is 0 Å². The average Bonchev–Trinajstić information content (AvgIpc) is 2.06. The van der Waals surface area contributed by atoms with Crippen LogP contribution in [0.25, 0.3) is 0 Å². The molecule has 0 saturated heterocycles. The summed E-state index contributed by atoms with van der Waals surface area (Å²) in [6.45, 7) is 0. The van der Waals surface area contributed by atoms with E-state index in [-0.39, 0.29) is 0 Å². The van der Waals surface area contributed by atoms with Gasteiger partial charge in [-0.25, -0.2) is 4.79 Å². The monoisotopic (exact) mass is 169 g/mol. The van der Waals surface area contributed by atoms with Crippen LogP contribution in [0.4, 0.5) is 4.79 Å². The van der Waals surface area contributed by atoms with Crippen LogP contribution in [0, 0.1) is 0 Å². The van der Waals surface area contributed by atoms with Gasteiger partial charge < -0.3 is 4.74 Å². The van der Waals surface area contributed by atoms with Gasteiger partial charge in [0.15, 0.2) is 0 Å². The molecule has 58 valence electrons. The Bertz CT molecular complexity index is 237. The van der Waals surface area contributed by atoms with Gasteiger partial charge in [0.05, 0.1) is 0 Å². The molecule has 0 spiro atoms. The molecule has 0 aliphatic heterocycles. The Balaban J connectivity index is 2.58. The molecule has 0 atom stereocenters. The van der Waals surface area contributed by atoms with Crippen molar-refractivity contribution in [1.82, 2.24) is 0 Å². The second kappa shape index (κ2) is 4.00. The van der Waals surface area contributed by atoms with E-state index in [0.717, 1.165) is 0 Å². The molecule has 1 rings (SSSR count). The Morgan fingerprint density at radius 3 is 2.55 bits per heavy atom. The summed E-state index contributed by atoms with van der Waals surface area (Å²) in [4.78, 5) is 10.6.